The van der Waals surface area contributed by atoms with Crippen LogP contribution in [0.25, 0.3) is 0 Å². The molecule has 1 aliphatic carbocycles. The Morgan fingerprint density at radius 2 is 1.77 bits per heavy atom. The molecule has 7 heteroatoms. The van der Waals surface area contributed by atoms with Gasteiger partial charge in [-0.25, -0.2) is 4.79 Å². The van der Waals surface area contributed by atoms with E-state index in [4.69, 9.17) is 4.74 Å². The number of rotatable bonds is 7. The van der Waals surface area contributed by atoms with Crippen molar-refractivity contribution in [2.75, 3.05) is 11.9 Å². The van der Waals surface area contributed by atoms with Crippen molar-refractivity contribution in [1.82, 2.24) is 10.6 Å². The standard InChI is InChI=1S/C23H33N3O4/c1-16(17-9-5-6-10-17)13-20(27)24-14-18-11-7-8-12-19(18)26-21(28)15-25-22(29)30-23(2,3)4/h7-8,11-13,17H,5-6,9-10,14-15H2,1-4H3,(H,24,27)(H,25,29)(H,26,28)/b16-13+. The molecule has 164 valence electrons. The first-order chi connectivity index (χ1) is 14.1. The Morgan fingerprint density at radius 3 is 2.43 bits per heavy atom. The largest absolute Gasteiger partial charge is 0.444 e. The first-order valence-electron chi connectivity index (χ1n) is 10.4. The van der Waals surface area contributed by atoms with Crippen LogP contribution in [0.4, 0.5) is 10.5 Å². The first kappa shape index (κ1) is 23.4. The third kappa shape index (κ3) is 8.27. The number of amides is 3. The maximum absolute atomic E-state index is 12.3. The molecule has 30 heavy (non-hydrogen) atoms. The summed E-state index contributed by atoms with van der Waals surface area (Å²) >= 11 is 0. The van der Waals surface area contributed by atoms with Crippen LogP contribution in [0.1, 0.15) is 58.9 Å². The summed E-state index contributed by atoms with van der Waals surface area (Å²) in [5, 5.41) is 8.08. The third-order valence-corrected chi connectivity index (χ3v) is 4.89. The number of benzene rings is 1. The number of para-hydroxylation sites is 1. The molecule has 0 bridgehead atoms. The lowest BCUT2D eigenvalue weighted by atomic mass is 9.99. The van der Waals surface area contributed by atoms with Gasteiger partial charge in [0.25, 0.3) is 0 Å². The molecule has 0 atom stereocenters. The van der Waals surface area contributed by atoms with Crippen molar-refractivity contribution < 1.29 is 19.1 Å². The molecule has 1 aromatic rings. The fourth-order valence-electron chi connectivity index (χ4n) is 3.40. The summed E-state index contributed by atoms with van der Waals surface area (Å²) in [6, 6.07) is 7.24. The van der Waals surface area contributed by atoms with E-state index < -0.39 is 11.7 Å². The highest BCUT2D eigenvalue weighted by molar-refractivity contribution is 5.94. The lowest BCUT2D eigenvalue weighted by molar-refractivity contribution is -0.117. The summed E-state index contributed by atoms with van der Waals surface area (Å²) in [6.07, 6.45) is 5.80. The second-order valence-corrected chi connectivity index (χ2v) is 8.65. The van der Waals surface area contributed by atoms with Crippen LogP contribution >= 0.6 is 0 Å². The Bertz CT molecular complexity index is 790. The number of allylic oxidation sites excluding steroid dienone is 1. The van der Waals surface area contributed by atoms with Crippen molar-refractivity contribution in [1.29, 1.82) is 0 Å². The lowest BCUT2D eigenvalue weighted by Crippen LogP contribution is -2.37. The van der Waals surface area contributed by atoms with Crippen molar-refractivity contribution in [2.45, 2.75) is 65.5 Å². The van der Waals surface area contributed by atoms with E-state index in [2.05, 4.69) is 16.0 Å². The number of hydrogen-bond acceptors (Lipinski definition) is 4. The van der Waals surface area contributed by atoms with Crippen LogP contribution in [-0.4, -0.2) is 30.1 Å². The van der Waals surface area contributed by atoms with E-state index in [0.29, 0.717) is 18.2 Å². The first-order valence-corrected chi connectivity index (χ1v) is 10.4. The van der Waals surface area contributed by atoms with Crippen LogP contribution < -0.4 is 16.0 Å². The van der Waals surface area contributed by atoms with E-state index in [1.165, 1.54) is 12.8 Å². The molecule has 1 saturated carbocycles. The van der Waals surface area contributed by atoms with E-state index in [1.54, 1.807) is 39.0 Å². The van der Waals surface area contributed by atoms with E-state index in [9.17, 15) is 14.4 Å². The predicted molar refractivity (Wildman–Crippen MR) is 117 cm³/mol. The van der Waals surface area contributed by atoms with Crippen molar-refractivity contribution in [3.8, 4) is 0 Å². The molecule has 1 aromatic carbocycles. The molecule has 0 aliphatic heterocycles. The van der Waals surface area contributed by atoms with E-state index in [-0.39, 0.29) is 18.4 Å². The molecule has 0 aromatic heterocycles. The number of carbonyl (C=O) groups excluding carboxylic acids is 3. The summed E-state index contributed by atoms with van der Waals surface area (Å²) in [7, 11) is 0. The average Bonchev–Trinajstić information content (AvgIpc) is 3.19. The van der Waals surface area contributed by atoms with Crippen molar-refractivity contribution in [2.24, 2.45) is 5.92 Å². The zero-order chi connectivity index (χ0) is 22.1. The molecule has 0 saturated heterocycles. The van der Waals surface area contributed by atoms with Gasteiger partial charge in [0.05, 0.1) is 0 Å². The summed E-state index contributed by atoms with van der Waals surface area (Å²) < 4.78 is 5.11. The average molecular weight is 416 g/mol. The van der Waals surface area contributed by atoms with Crippen LogP contribution in [0.15, 0.2) is 35.9 Å². The second-order valence-electron chi connectivity index (χ2n) is 8.65. The number of anilines is 1. The predicted octanol–water partition coefficient (Wildman–Crippen LogP) is 3.90. The number of alkyl carbamates (subject to hydrolysis) is 1. The number of ether oxygens (including phenoxy) is 1. The maximum atomic E-state index is 12.3. The molecular weight excluding hydrogens is 382 g/mol. The van der Waals surface area contributed by atoms with Crippen molar-refractivity contribution in [3.05, 3.63) is 41.5 Å². The van der Waals surface area contributed by atoms with Gasteiger partial charge in [-0.15, -0.1) is 0 Å². The van der Waals surface area contributed by atoms with Gasteiger partial charge in [0.1, 0.15) is 12.1 Å². The van der Waals surface area contributed by atoms with Gasteiger partial charge in [-0.3, -0.25) is 9.59 Å². The highest BCUT2D eigenvalue weighted by atomic mass is 16.6. The molecule has 2 rings (SSSR count). The van der Waals surface area contributed by atoms with Gasteiger partial charge in [-0.1, -0.05) is 36.6 Å². The van der Waals surface area contributed by atoms with E-state index >= 15 is 0 Å². The molecule has 0 unspecified atom stereocenters. The molecular formula is C23H33N3O4. The van der Waals surface area contributed by atoms with Crippen LogP contribution in [-0.2, 0) is 20.9 Å². The monoisotopic (exact) mass is 415 g/mol. The molecule has 0 spiro atoms. The summed E-state index contributed by atoms with van der Waals surface area (Å²) in [5.41, 5.74) is 1.86. The Kier molecular flexibility index (Phi) is 8.45. The van der Waals surface area contributed by atoms with Gasteiger partial charge in [-0.2, -0.15) is 0 Å². The Labute approximate surface area is 178 Å². The number of hydrogen-bond donors (Lipinski definition) is 3. The Balaban J connectivity index is 1.86. The minimum Gasteiger partial charge on any atom is -0.444 e. The fraction of sp³-hybridized carbons (Fsp3) is 0.522. The van der Waals surface area contributed by atoms with Gasteiger partial charge in [0.15, 0.2) is 0 Å². The molecule has 0 heterocycles. The fourth-order valence-corrected chi connectivity index (χ4v) is 3.40. The normalized spacial score (nSPS) is 14.9. The summed E-state index contributed by atoms with van der Waals surface area (Å²) in [4.78, 5) is 36.1. The Morgan fingerprint density at radius 1 is 1.10 bits per heavy atom. The topological polar surface area (TPSA) is 96.5 Å². The van der Waals surface area contributed by atoms with Crippen LogP contribution in [0.2, 0.25) is 0 Å². The van der Waals surface area contributed by atoms with Crippen LogP contribution in [0.5, 0.6) is 0 Å². The molecule has 3 amide bonds. The van der Waals surface area contributed by atoms with Gasteiger partial charge in [-0.05, 0) is 58.1 Å². The maximum Gasteiger partial charge on any atom is 0.408 e. The molecule has 1 fully saturated rings. The minimum absolute atomic E-state index is 0.132. The van der Waals surface area contributed by atoms with Gasteiger partial charge in [0, 0.05) is 18.3 Å². The highest BCUT2D eigenvalue weighted by Crippen LogP contribution is 2.30. The third-order valence-electron chi connectivity index (χ3n) is 4.89. The molecule has 0 radical (unpaired) electrons. The van der Waals surface area contributed by atoms with Crippen molar-refractivity contribution >= 4 is 23.6 Å². The van der Waals surface area contributed by atoms with Gasteiger partial charge >= 0.3 is 6.09 Å². The molecule has 7 nitrogen and oxygen atoms in total. The Hall–Kier alpha value is -2.83. The van der Waals surface area contributed by atoms with Crippen LogP contribution in [0.3, 0.4) is 0 Å². The van der Waals surface area contributed by atoms with Gasteiger partial charge < -0.3 is 20.7 Å². The zero-order valence-corrected chi connectivity index (χ0v) is 18.3. The number of carbonyl (C=O) groups is 3. The minimum atomic E-state index is -0.650. The van der Waals surface area contributed by atoms with E-state index in [0.717, 1.165) is 24.0 Å². The smallest absolute Gasteiger partial charge is 0.408 e. The van der Waals surface area contributed by atoms with Crippen molar-refractivity contribution in [3.63, 3.8) is 0 Å². The van der Waals surface area contributed by atoms with Gasteiger partial charge in [0.2, 0.25) is 11.8 Å². The number of nitrogens with one attached hydrogen (secondary N) is 3. The van der Waals surface area contributed by atoms with E-state index in [1.807, 2.05) is 19.1 Å². The highest BCUT2D eigenvalue weighted by Gasteiger charge is 2.18. The summed E-state index contributed by atoms with van der Waals surface area (Å²) in [6.45, 7) is 7.36. The quantitative estimate of drug-likeness (QED) is 0.589. The second kappa shape index (κ2) is 10.8. The zero-order valence-electron chi connectivity index (χ0n) is 18.3. The SMILES string of the molecule is C/C(=C\C(=O)NCc1ccccc1NC(=O)CNC(=O)OC(C)(C)C)C1CCCC1. The summed E-state index contributed by atoms with van der Waals surface area (Å²) in [5.74, 6) is 0.00327. The molecule has 3 N–H and O–H groups in total. The lowest BCUT2D eigenvalue weighted by Gasteiger charge is -2.19. The van der Waals surface area contributed by atoms with Crippen LogP contribution in [0, 0.1) is 5.92 Å². The molecule has 1 aliphatic rings.